The molecule has 148 valence electrons. The lowest BCUT2D eigenvalue weighted by Crippen LogP contribution is -2.94. The first-order valence-corrected chi connectivity index (χ1v) is 10.3. The average Bonchev–Trinajstić information content (AvgIpc) is 2.63. The van der Waals surface area contributed by atoms with E-state index in [9.17, 15) is 0 Å². The lowest BCUT2D eigenvalue weighted by Gasteiger charge is -2.31. The number of hydrogen-bond donors (Lipinski definition) is 1. The first-order valence-electron chi connectivity index (χ1n) is 10.3. The lowest BCUT2D eigenvalue weighted by atomic mass is 9.81. The summed E-state index contributed by atoms with van der Waals surface area (Å²) in [7, 11) is 0. The predicted molar refractivity (Wildman–Crippen MR) is 119 cm³/mol. The van der Waals surface area contributed by atoms with Gasteiger partial charge in [0.25, 0.3) is 0 Å². The molecule has 3 aromatic carbocycles. The zero-order valence-corrected chi connectivity index (χ0v) is 18.0. The largest absolute Gasteiger partial charge is 0.488 e. The Morgan fingerprint density at radius 2 is 1.46 bits per heavy atom. The number of fused-ring (bicyclic) bond motifs is 1. The van der Waals surface area contributed by atoms with Crippen LogP contribution >= 0.6 is 0 Å². The molecule has 0 radical (unpaired) electrons. The van der Waals surface area contributed by atoms with E-state index in [1.54, 1.807) is 0 Å². The Labute approximate surface area is 169 Å². The van der Waals surface area contributed by atoms with Gasteiger partial charge in [0.05, 0.1) is 11.1 Å². The highest BCUT2D eigenvalue weighted by Gasteiger charge is 2.28. The third-order valence-corrected chi connectivity index (χ3v) is 5.08. The van der Waals surface area contributed by atoms with Crippen LogP contribution in [0, 0.1) is 5.41 Å². The van der Waals surface area contributed by atoms with Crippen LogP contribution < -0.4 is 10.1 Å². The van der Waals surface area contributed by atoms with E-state index in [1.807, 2.05) is 6.07 Å². The van der Waals surface area contributed by atoms with Crippen molar-refractivity contribution in [1.82, 2.24) is 0 Å². The van der Waals surface area contributed by atoms with Crippen molar-refractivity contribution in [2.75, 3.05) is 0 Å². The molecular formula is C26H34NO+. The highest BCUT2D eigenvalue weighted by atomic mass is 16.5. The van der Waals surface area contributed by atoms with Gasteiger partial charge in [-0.1, -0.05) is 81.4 Å². The SMILES string of the molecule is CC(C)(C)CC(C)(C)[NH2+]Cc1c(OCc2ccccc2)ccc2ccccc12. The molecule has 0 unspecified atom stereocenters. The highest BCUT2D eigenvalue weighted by Crippen LogP contribution is 2.29. The summed E-state index contributed by atoms with van der Waals surface area (Å²) in [6.45, 7) is 13.1. The number of rotatable bonds is 7. The molecule has 0 heterocycles. The summed E-state index contributed by atoms with van der Waals surface area (Å²) in [5.41, 5.74) is 2.96. The van der Waals surface area contributed by atoms with Crippen LogP contribution in [0.25, 0.3) is 10.8 Å². The third kappa shape index (κ3) is 5.59. The topological polar surface area (TPSA) is 25.8 Å². The van der Waals surface area contributed by atoms with Gasteiger partial charge >= 0.3 is 0 Å². The van der Waals surface area contributed by atoms with Crippen molar-refractivity contribution in [3.63, 3.8) is 0 Å². The molecule has 3 aromatic rings. The molecule has 0 saturated carbocycles. The van der Waals surface area contributed by atoms with Gasteiger partial charge in [-0.15, -0.1) is 0 Å². The van der Waals surface area contributed by atoms with Gasteiger partial charge in [0.1, 0.15) is 18.9 Å². The van der Waals surface area contributed by atoms with Crippen molar-refractivity contribution in [2.45, 2.75) is 59.7 Å². The van der Waals surface area contributed by atoms with Crippen LogP contribution in [0.3, 0.4) is 0 Å². The first kappa shape index (κ1) is 20.4. The molecule has 0 atom stereocenters. The number of nitrogens with two attached hydrogens (primary N) is 1. The standard InChI is InChI=1S/C26H33NO/c1-25(2,3)19-26(4,5)27-17-23-22-14-10-9-13-21(22)15-16-24(23)28-18-20-11-7-6-8-12-20/h6-16,27H,17-19H2,1-5H3/p+1. The van der Waals surface area contributed by atoms with E-state index in [4.69, 9.17) is 4.74 Å². The number of quaternary nitrogens is 1. The van der Waals surface area contributed by atoms with Crippen LogP contribution in [0.15, 0.2) is 66.7 Å². The minimum atomic E-state index is 0.173. The second kappa shape index (κ2) is 8.36. The van der Waals surface area contributed by atoms with Crippen molar-refractivity contribution in [1.29, 1.82) is 0 Å². The molecule has 0 aliphatic heterocycles. The minimum absolute atomic E-state index is 0.173. The Balaban J connectivity index is 1.85. The minimum Gasteiger partial charge on any atom is -0.488 e. The van der Waals surface area contributed by atoms with Gasteiger partial charge in [0.2, 0.25) is 0 Å². The van der Waals surface area contributed by atoms with Gasteiger partial charge in [0, 0.05) is 6.42 Å². The lowest BCUT2D eigenvalue weighted by molar-refractivity contribution is -0.737. The van der Waals surface area contributed by atoms with Crippen LogP contribution in [0.4, 0.5) is 0 Å². The van der Waals surface area contributed by atoms with Gasteiger partial charge in [-0.05, 0) is 41.7 Å². The van der Waals surface area contributed by atoms with Crippen LogP contribution in [-0.4, -0.2) is 5.54 Å². The summed E-state index contributed by atoms with van der Waals surface area (Å²) >= 11 is 0. The molecular weight excluding hydrogens is 342 g/mol. The van der Waals surface area contributed by atoms with E-state index in [0.29, 0.717) is 12.0 Å². The molecule has 0 bridgehead atoms. The molecule has 28 heavy (non-hydrogen) atoms. The molecule has 2 nitrogen and oxygen atoms in total. The summed E-state index contributed by atoms with van der Waals surface area (Å²) in [5.74, 6) is 0.991. The van der Waals surface area contributed by atoms with E-state index in [1.165, 1.54) is 21.9 Å². The van der Waals surface area contributed by atoms with Crippen molar-refractivity contribution in [3.8, 4) is 5.75 Å². The van der Waals surface area contributed by atoms with Gasteiger partial charge in [-0.3, -0.25) is 0 Å². The second-order valence-electron chi connectivity index (χ2n) is 9.67. The van der Waals surface area contributed by atoms with Crippen LogP contribution in [0.1, 0.15) is 52.2 Å². The molecule has 0 aliphatic rings. The normalized spacial score (nSPS) is 12.3. The Morgan fingerprint density at radius 1 is 0.786 bits per heavy atom. The summed E-state index contributed by atoms with van der Waals surface area (Å²) in [6.07, 6.45) is 1.16. The van der Waals surface area contributed by atoms with Crippen molar-refractivity contribution < 1.29 is 10.1 Å². The number of benzene rings is 3. The first-order chi connectivity index (χ1) is 13.2. The molecule has 2 N–H and O–H groups in total. The zero-order chi connectivity index (χ0) is 20.2. The third-order valence-electron chi connectivity index (χ3n) is 5.08. The average molecular weight is 377 g/mol. The molecule has 3 rings (SSSR count). The molecule has 0 fully saturated rings. The highest BCUT2D eigenvalue weighted by molar-refractivity contribution is 5.87. The molecule has 0 amide bonds. The monoisotopic (exact) mass is 376 g/mol. The van der Waals surface area contributed by atoms with Gasteiger partial charge in [-0.25, -0.2) is 0 Å². The van der Waals surface area contributed by atoms with Crippen molar-refractivity contribution in [2.24, 2.45) is 5.41 Å². The maximum Gasteiger partial charge on any atom is 0.129 e. The van der Waals surface area contributed by atoms with E-state index >= 15 is 0 Å². The predicted octanol–water partition coefficient (Wildman–Crippen LogP) is 5.70. The molecule has 0 saturated heterocycles. The second-order valence-corrected chi connectivity index (χ2v) is 9.67. The summed E-state index contributed by atoms with van der Waals surface area (Å²) in [6, 6.07) is 23.3. The quantitative estimate of drug-likeness (QED) is 0.562. The van der Waals surface area contributed by atoms with Crippen LogP contribution in [0.2, 0.25) is 0 Å². The number of ether oxygens (including phenoxy) is 1. The van der Waals surface area contributed by atoms with Gasteiger partial charge in [-0.2, -0.15) is 0 Å². The summed E-state index contributed by atoms with van der Waals surface area (Å²) in [4.78, 5) is 0. The van der Waals surface area contributed by atoms with E-state index in [-0.39, 0.29) is 5.54 Å². The molecule has 0 spiro atoms. The summed E-state index contributed by atoms with van der Waals surface area (Å²) in [5, 5.41) is 5.03. The molecule has 2 heteroatoms. The Kier molecular flexibility index (Phi) is 6.10. The molecule has 0 aliphatic carbocycles. The zero-order valence-electron chi connectivity index (χ0n) is 18.0. The maximum absolute atomic E-state index is 6.28. The Bertz CT molecular complexity index is 907. The van der Waals surface area contributed by atoms with Crippen molar-refractivity contribution >= 4 is 10.8 Å². The number of hydrogen-bond acceptors (Lipinski definition) is 1. The molecule has 0 aromatic heterocycles. The van der Waals surface area contributed by atoms with Crippen LogP contribution in [0.5, 0.6) is 5.75 Å². The maximum atomic E-state index is 6.28. The van der Waals surface area contributed by atoms with Crippen molar-refractivity contribution in [3.05, 3.63) is 77.9 Å². The van der Waals surface area contributed by atoms with Gasteiger partial charge in [0.15, 0.2) is 0 Å². The van der Waals surface area contributed by atoms with E-state index in [0.717, 1.165) is 18.7 Å². The fraction of sp³-hybridized carbons (Fsp3) is 0.385. The Hall–Kier alpha value is -2.32. The smallest absolute Gasteiger partial charge is 0.129 e. The van der Waals surface area contributed by atoms with E-state index in [2.05, 4.69) is 101 Å². The van der Waals surface area contributed by atoms with Gasteiger partial charge < -0.3 is 10.1 Å². The van der Waals surface area contributed by atoms with E-state index < -0.39 is 0 Å². The fourth-order valence-corrected chi connectivity index (χ4v) is 4.21. The summed E-state index contributed by atoms with van der Waals surface area (Å²) < 4.78 is 6.28. The Morgan fingerprint density at radius 3 is 2.18 bits per heavy atom. The van der Waals surface area contributed by atoms with Crippen LogP contribution in [-0.2, 0) is 13.2 Å². The fourth-order valence-electron chi connectivity index (χ4n) is 4.21.